The number of nitrogens with one attached hydrogen (secondary N) is 3. The number of Topliss-reactive ketones (excluding diaryl/α,β-unsaturated/α-hetero) is 1. The van der Waals surface area contributed by atoms with E-state index in [4.69, 9.17) is 0 Å². The lowest BCUT2D eigenvalue weighted by atomic mass is 9.67. The Bertz CT molecular complexity index is 936. The molecule has 1 aliphatic heterocycles. The molecule has 0 aromatic carbocycles. The molecule has 1 saturated heterocycles. The molecule has 208 valence electrons. The van der Waals surface area contributed by atoms with Gasteiger partial charge in [-0.3, -0.25) is 19.2 Å². The molecule has 0 aromatic heterocycles. The second-order valence-corrected chi connectivity index (χ2v) is 12.1. The standard InChI is InChI=1S/C25H38F2N4O6/c1-23(2,3)18(30-22(36)37)21(35)31-13-25(9-5-10-25)12-16(31)19(33)29-15(8-11-24(4,26)27)17(32)20(34)28-14-6-7-14/h14-16,18,30H,5-13H2,1-4H3,(H,28,34)(H,29,33)(H,36,37)/t15-,16-,18+/m0/s1. The maximum absolute atomic E-state index is 13.6. The minimum Gasteiger partial charge on any atom is -0.465 e. The van der Waals surface area contributed by atoms with Crippen LogP contribution in [0.4, 0.5) is 13.6 Å². The molecule has 10 nitrogen and oxygen atoms in total. The van der Waals surface area contributed by atoms with E-state index in [2.05, 4.69) is 16.0 Å². The van der Waals surface area contributed by atoms with E-state index in [1.54, 1.807) is 20.8 Å². The van der Waals surface area contributed by atoms with Gasteiger partial charge in [-0.25, -0.2) is 13.6 Å². The number of alkyl halides is 2. The van der Waals surface area contributed by atoms with Crippen molar-refractivity contribution in [2.24, 2.45) is 10.8 Å². The van der Waals surface area contributed by atoms with Crippen molar-refractivity contribution in [1.29, 1.82) is 0 Å². The van der Waals surface area contributed by atoms with Crippen LogP contribution in [0.2, 0.25) is 0 Å². The van der Waals surface area contributed by atoms with Gasteiger partial charge in [-0.2, -0.15) is 0 Å². The molecule has 4 amide bonds. The number of carbonyl (C=O) groups is 5. The largest absolute Gasteiger partial charge is 0.465 e. The van der Waals surface area contributed by atoms with Crippen molar-refractivity contribution < 1.29 is 37.9 Å². The molecule has 1 heterocycles. The Balaban J connectivity index is 1.82. The minimum absolute atomic E-state index is 0.127. The van der Waals surface area contributed by atoms with Crippen molar-refractivity contribution in [1.82, 2.24) is 20.9 Å². The molecule has 3 aliphatic rings. The van der Waals surface area contributed by atoms with E-state index >= 15 is 0 Å². The number of carbonyl (C=O) groups excluding carboxylic acids is 4. The fraction of sp³-hybridized carbons (Fsp3) is 0.800. The van der Waals surface area contributed by atoms with Crippen molar-refractivity contribution in [2.45, 2.75) is 109 Å². The number of likely N-dealkylation sites (tertiary alicyclic amines) is 1. The van der Waals surface area contributed by atoms with Crippen molar-refractivity contribution in [3.8, 4) is 0 Å². The highest BCUT2D eigenvalue weighted by Crippen LogP contribution is 2.50. The summed E-state index contributed by atoms with van der Waals surface area (Å²) < 4.78 is 27.2. The Kier molecular flexibility index (Phi) is 8.19. The number of halogens is 2. The van der Waals surface area contributed by atoms with Crippen LogP contribution in [-0.2, 0) is 19.2 Å². The van der Waals surface area contributed by atoms with Gasteiger partial charge in [-0.05, 0) is 56.3 Å². The fourth-order valence-corrected chi connectivity index (χ4v) is 5.08. The average molecular weight is 529 g/mol. The molecule has 4 N–H and O–H groups in total. The lowest BCUT2D eigenvalue weighted by molar-refractivity contribution is -0.144. The van der Waals surface area contributed by atoms with Crippen LogP contribution >= 0.6 is 0 Å². The van der Waals surface area contributed by atoms with E-state index in [9.17, 15) is 37.9 Å². The Labute approximate surface area is 215 Å². The van der Waals surface area contributed by atoms with Gasteiger partial charge >= 0.3 is 6.09 Å². The zero-order chi connectivity index (χ0) is 27.8. The molecule has 3 atom stereocenters. The van der Waals surface area contributed by atoms with Gasteiger partial charge in [0, 0.05) is 19.0 Å². The normalized spacial score (nSPS) is 22.5. The molecule has 0 radical (unpaired) electrons. The summed E-state index contributed by atoms with van der Waals surface area (Å²) in [6.45, 7) is 6.06. The number of hydrogen-bond donors (Lipinski definition) is 4. The van der Waals surface area contributed by atoms with Crippen LogP contribution in [0.15, 0.2) is 0 Å². The lowest BCUT2D eigenvalue weighted by Gasteiger charge is -2.39. The topological polar surface area (TPSA) is 145 Å². The maximum Gasteiger partial charge on any atom is 0.405 e. The molecular formula is C25H38F2N4O6. The first-order valence-electron chi connectivity index (χ1n) is 12.8. The van der Waals surface area contributed by atoms with Crippen LogP contribution in [0, 0.1) is 10.8 Å². The molecule has 1 spiro atoms. The lowest BCUT2D eigenvalue weighted by Crippen LogP contribution is -2.59. The molecule has 3 rings (SSSR count). The zero-order valence-electron chi connectivity index (χ0n) is 21.9. The van der Waals surface area contributed by atoms with Crippen molar-refractivity contribution in [3.63, 3.8) is 0 Å². The van der Waals surface area contributed by atoms with Gasteiger partial charge < -0.3 is 26.0 Å². The SMILES string of the molecule is CC(F)(F)CC[C@H](NC(=O)[C@@H]1CC2(CCC2)CN1C(=O)[C@@H](NC(=O)O)C(C)(C)C)C(=O)C(=O)NC1CC1. The number of hydrogen-bond acceptors (Lipinski definition) is 5. The van der Waals surface area contributed by atoms with E-state index in [1.807, 2.05) is 0 Å². The quantitative estimate of drug-likeness (QED) is 0.320. The summed E-state index contributed by atoms with van der Waals surface area (Å²) in [7, 11) is 0. The van der Waals surface area contributed by atoms with E-state index in [-0.39, 0.29) is 18.0 Å². The van der Waals surface area contributed by atoms with Gasteiger partial charge in [0.05, 0.1) is 6.04 Å². The highest BCUT2D eigenvalue weighted by molar-refractivity contribution is 6.38. The summed E-state index contributed by atoms with van der Waals surface area (Å²) in [5.74, 6) is -6.31. The average Bonchev–Trinajstić information content (AvgIpc) is 3.45. The third-order valence-corrected chi connectivity index (χ3v) is 7.53. The maximum atomic E-state index is 13.6. The molecule has 2 aliphatic carbocycles. The summed E-state index contributed by atoms with van der Waals surface area (Å²) in [5, 5.41) is 16.6. The van der Waals surface area contributed by atoms with E-state index in [0.717, 1.165) is 32.1 Å². The van der Waals surface area contributed by atoms with Gasteiger partial charge in [-0.1, -0.05) is 27.2 Å². The number of nitrogens with zero attached hydrogens (tertiary/aromatic N) is 1. The summed E-state index contributed by atoms with van der Waals surface area (Å²) in [4.78, 5) is 65.0. The molecule has 37 heavy (non-hydrogen) atoms. The molecule has 2 saturated carbocycles. The van der Waals surface area contributed by atoms with Crippen molar-refractivity contribution in [2.75, 3.05) is 6.54 Å². The van der Waals surface area contributed by atoms with Gasteiger partial charge in [0.15, 0.2) is 0 Å². The number of carboxylic acid groups (broad SMARTS) is 1. The van der Waals surface area contributed by atoms with E-state index in [1.165, 1.54) is 4.90 Å². The van der Waals surface area contributed by atoms with Crippen LogP contribution in [-0.4, -0.2) is 76.2 Å². The third-order valence-electron chi connectivity index (χ3n) is 7.53. The fourth-order valence-electron chi connectivity index (χ4n) is 5.08. The summed E-state index contributed by atoms with van der Waals surface area (Å²) in [5.41, 5.74) is -1.08. The van der Waals surface area contributed by atoms with Crippen LogP contribution in [0.1, 0.15) is 79.1 Å². The van der Waals surface area contributed by atoms with Gasteiger partial charge in [0.1, 0.15) is 12.1 Å². The van der Waals surface area contributed by atoms with Crippen LogP contribution in [0.25, 0.3) is 0 Å². The first kappa shape index (κ1) is 28.8. The molecular weight excluding hydrogens is 490 g/mol. The molecule has 12 heteroatoms. The van der Waals surface area contributed by atoms with E-state index in [0.29, 0.717) is 13.3 Å². The first-order valence-corrected chi connectivity index (χ1v) is 12.8. The van der Waals surface area contributed by atoms with Crippen molar-refractivity contribution in [3.05, 3.63) is 0 Å². The number of rotatable bonds is 10. The Morgan fingerprint density at radius 2 is 1.68 bits per heavy atom. The highest BCUT2D eigenvalue weighted by atomic mass is 19.3. The predicted molar refractivity (Wildman–Crippen MR) is 129 cm³/mol. The van der Waals surface area contributed by atoms with Crippen LogP contribution < -0.4 is 16.0 Å². The second-order valence-electron chi connectivity index (χ2n) is 12.1. The molecule has 3 fully saturated rings. The number of ketones is 1. The van der Waals surface area contributed by atoms with Gasteiger partial charge in [0.2, 0.25) is 23.5 Å². The number of amides is 4. The molecule has 0 bridgehead atoms. The minimum atomic E-state index is -3.11. The summed E-state index contributed by atoms with van der Waals surface area (Å²) >= 11 is 0. The van der Waals surface area contributed by atoms with Crippen LogP contribution in [0.3, 0.4) is 0 Å². The van der Waals surface area contributed by atoms with Gasteiger partial charge in [0.25, 0.3) is 5.91 Å². The van der Waals surface area contributed by atoms with E-state index < -0.39 is 71.9 Å². The Morgan fingerprint density at radius 3 is 2.14 bits per heavy atom. The Morgan fingerprint density at radius 1 is 1.05 bits per heavy atom. The van der Waals surface area contributed by atoms with Crippen LogP contribution in [0.5, 0.6) is 0 Å². The summed E-state index contributed by atoms with van der Waals surface area (Å²) in [6.07, 6.45) is 1.75. The smallest absolute Gasteiger partial charge is 0.405 e. The third kappa shape index (κ3) is 7.38. The molecule has 0 aromatic rings. The highest BCUT2D eigenvalue weighted by Gasteiger charge is 2.53. The molecule has 0 unspecified atom stereocenters. The zero-order valence-corrected chi connectivity index (χ0v) is 21.9. The first-order chi connectivity index (χ1) is 17.0. The van der Waals surface area contributed by atoms with Crippen molar-refractivity contribution >= 4 is 29.6 Å². The second kappa shape index (κ2) is 10.5. The monoisotopic (exact) mass is 528 g/mol. The predicted octanol–water partition coefficient (Wildman–Crippen LogP) is 2.21. The Hall–Kier alpha value is -2.79. The van der Waals surface area contributed by atoms with Gasteiger partial charge in [-0.15, -0.1) is 0 Å². The summed E-state index contributed by atoms with van der Waals surface area (Å²) in [6, 6.07) is -3.74.